The number of amides is 1. The van der Waals surface area contributed by atoms with Crippen LogP contribution in [-0.4, -0.2) is 10.9 Å². The lowest BCUT2D eigenvalue weighted by Gasteiger charge is -2.10. The standard InChI is InChI=1S/C29H21BrN2O3/c30-22-12-10-21(11-13-22)27-18-31-29(35-27)26-9-5-4-8-25(26)28(33)32-23-14-16-24(17-15-23)34-19-20-6-2-1-3-7-20/h1-18H,19H2,(H,32,33). The van der Waals surface area contributed by atoms with Gasteiger partial charge in [0.2, 0.25) is 5.89 Å². The van der Waals surface area contributed by atoms with Crippen molar-refractivity contribution in [2.45, 2.75) is 6.61 Å². The van der Waals surface area contributed by atoms with Gasteiger partial charge >= 0.3 is 0 Å². The van der Waals surface area contributed by atoms with Gasteiger partial charge in [-0.2, -0.15) is 0 Å². The molecule has 0 fully saturated rings. The molecule has 5 aromatic rings. The number of benzene rings is 4. The predicted molar refractivity (Wildman–Crippen MR) is 140 cm³/mol. The highest BCUT2D eigenvalue weighted by Crippen LogP contribution is 2.29. The summed E-state index contributed by atoms with van der Waals surface area (Å²) in [6.45, 7) is 0.484. The lowest BCUT2D eigenvalue weighted by atomic mass is 10.1. The Bertz CT molecular complexity index is 1430. The topological polar surface area (TPSA) is 64.4 Å². The van der Waals surface area contributed by atoms with Crippen LogP contribution >= 0.6 is 15.9 Å². The summed E-state index contributed by atoms with van der Waals surface area (Å²) in [6, 6.07) is 32.3. The number of hydrogen-bond acceptors (Lipinski definition) is 4. The maximum atomic E-state index is 13.1. The van der Waals surface area contributed by atoms with Gasteiger partial charge < -0.3 is 14.5 Å². The molecule has 0 aliphatic rings. The largest absolute Gasteiger partial charge is 0.489 e. The van der Waals surface area contributed by atoms with Crippen LogP contribution in [0, 0.1) is 0 Å². The Labute approximate surface area is 211 Å². The van der Waals surface area contributed by atoms with E-state index < -0.39 is 0 Å². The minimum absolute atomic E-state index is 0.248. The molecule has 0 bridgehead atoms. The monoisotopic (exact) mass is 524 g/mol. The van der Waals surface area contributed by atoms with Crippen molar-refractivity contribution in [3.8, 4) is 28.5 Å². The van der Waals surface area contributed by atoms with Crippen LogP contribution in [0.5, 0.6) is 5.75 Å². The second-order valence-electron chi connectivity index (χ2n) is 7.83. The van der Waals surface area contributed by atoms with Gasteiger partial charge in [-0.3, -0.25) is 4.79 Å². The minimum Gasteiger partial charge on any atom is -0.489 e. The van der Waals surface area contributed by atoms with E-state index in [4.69, 9.17) is 9.15 Å². The Hall–Kier alpha value is -4.16. The van der Waals surface area contributed by atoms with Crippen molar-refractivity contribution in [3.05, 3.63) is 125 Å². The number of rotatable bonds is 7. The number of nitrogens with one attached hydrogen (secondary N) is 1. The molecule has 4 aromatic carbocycles. The number of nitrogens with zero attached hydrogens (tertiary/aromatic N) is 1. The van der Waals surface area contributed by atoms with Gasteiger partial charge in [0.1, 0.15) is 12.4 Å². The average Bonchev–Trinajstić information content (AvgIpc) is 3.39. The van der Waals surface area contributed by atoms with Crippen molar-refractivity contribution < 1.29 is 13.9 Å². The van der Waals surface area contributed by atoms with Gasteiger partial charge in [-0.25, -0.2) is 4.98 Å². The molecule has 6 heteroatoms. The number of carbonyl (C=O) groups is 1. The van der Waals surface area contributed by atoms with E-state index >= 15 is 0 Å². The van der Waals surface area contributed by atoms with E-state index in [1.807, 2.05) is 97.1 Å². The molecule has 172 valence electrons. The fourth-order valence-electron chi connectivity index (χ4n) is 3.59. The summed E-state index contributed by atoms with van der Waals surface area (Å²) >= 11 is 3.44. The fraction of sp³-hybridized carbons (Fsp3) is 0.0345. The van der Waals surface area contributed by atoms with Gasteiger partial charge in [-0.05, 0) is 54.1 Å². The van der Waals surface area contributed by atoms with Gasteiger partial charge in [0, 0.05) is 21.3 Å². The van der Waals surface area contributed by atoms with Crippen LogP contribution in [0.4, 0.5) is 5.69 Å². The van der Waals surface area contributed by atoms with E-state index in [9.17, 15) is 4.79 Å². The average molecular weight is 525 g/mol. The minimum atomic E-state index is -0.248. The number of hydrogen-bond donors (Lipinski definition) is 1. The van der Waals surface area contributed by atoms with Gasteiger partial charge in [0.15, 0.2) is 5.76 Å². The van der Waals surface area contributed by atoms with E-state index in [1.54, 1.807) is 12.3 Å². The second-order valence-corrected chi connectivity index (χ2v) is 8.75. The summed E-state index contributed by atoms with van der Waals surface area (Å²) in [5.41, 5.74) is 3.76. The number of ether oxygens (including phenoxy) is 1. The van der Waals surface area contributed by atoms with Gasteiger partial charge in [0.05, 0.1) is 11.8 Å². The maximum absolute atomic E-state index is 13.1. The van der Waals surface area contributed by atoms with E-state index in [0.717, 1.165) is 21.3 Å². The van der Waals surface area contributed by atoms with E-state index in [-0.39, 0.29) is 5.91 Å². The Morgan fingerprint density at radius 2 is 1.57 bits per heavy atom. The molecule has 0 atom stereocenters. The first-order chi connectivity index (χ1) is 17.2. The third-order valence-corrected chi connectivity index (χ3v) is 5.93. The molecule has 0 saturated carbocycles. The zero-order valence-corrected chi connectivity index (χ0v) is 20.2. The van der Waals surface area contributed by atoms with Crippen molar-refractivity contribution in [1.82, 2.24) is 4.98 Å². The molecular formula is C29H21BrN2O3. The fourth-order valence-corrected chi connectivity index (χ4v) is 3.85. The molecule has 1 aromatic heterocycles. The first-order valence-electron chi connectivity index (χ1n) is 11.0. The Kier molecular flexibility index (Phi) is 6.73. The van der Waals surface area contributed by atoms with Crippen LogP contribution in [0.2, 0.25) is 0 Å². The second kappa shape index (κ2) is 10.4. The highest BCUT2D eigenvalue weighted by atomic mass is 79.9. The summed E-state index contributed by atoms with van der Waals surface area (Å²) in [5, 5.41) is 2.94. The zero-order chi connectivity index (χ0) is 24.0. The van der Waals surface area contributed by atoms with Gasteiger partial charge in [0.25, 0.3) is 5.91 Å². The summed E-state index contributed by atoms with van der Waals surface area (Å²) in [6.07, 6.45) is 1.67. The van der Waals surface area contributed by atoms with Crippen LogP contribution in [0.1, 0.15) is 15.9 Å². The quantitative estimate of drug-likeness (QED) is 0.238. The van der Waals surface area contributed by atoms with E-state index in [2.05, 4.69) is 26.2 Å². The molecule has 35 heavy (non-hydrogen) atoms. The SMILES string of the molecule is O=C(Nc1ccc(OCc2ccccc2)cc1)c1ccccc1-c1ncc(-c2ccc(Br)cc2)o1. The predicted octanol–water partition coefficient (Wildman–Crippen LogP) is 7.60. The first-order valence-corrected chi connectivity index (χ1v) is 11.8. The molecule has 0 aliphatic carbocycles. The molecule has 1 amide bonds. The van der Waals surface area contributed by atoms with E-state index in [1.165, 1.54) is 0 Å². The Morgan fingerprint density at radius 3 is 2.34 bits per heavy atom. The van der Waals surface area contributed by atoms with Gasteiger partial charge in [-0.1, -0.05) is 70.5 Å². The highest BCUT2D eigenvalue weighted by molar-refractivity contribution is 9.10. The molecule has 5 nitrogen and oxygen atoms in total. The highest BCUT2D eigenvalue weighted by Gasteiger charge is 2.17. The lowest BCUT2D eigenvalue weighted by Crippen LogP contribution is -2.13. The molecule has 1 heterocycles. The number of carbonyl (C=O) groups excluding carboxylic acids is 1. The number of oxazole rings is 1. The molecular weight excluding hydrogens is 504 g/mol. The smallest absolute Gasteiger partial charge is 0.256 e. The number of aromatic nitrogens is 1. The normalized spacial score (nSPS) is 10.7. The van der Waals surface area contributed by atoms with Crippen molar-refractivity contribution in [2.75, 3.05) is 5.32 Å². The molecule has 0 spiro atoms. The van der Waals surface area contributed by atoms with Crippen LogP contribution in [-0.2, 0) is 6.61 Å². The van der Waals surface area contributed by atoms with Crippen molar-refractivity contribution in [2.24, 2.45) is 0 Å². The molecule has 5 rings (SSSR count). The molecule has 0 radical (unpaired) electrons. The maximum Gasteiger partial charge on any atom is 0.256 e. The summed E-state index contributed by atoms with van der Waals surface area (Å²) in [7, 11) is 0. The molecule has 0 saturated heterocycles. The Morgan fingerprint density at radius 1 is 0.857 bits per heavy atom. The van der Waals surface area contributed by atoms with Crippen molar-refractivity contribution in [1.29, 1.82) is 0 Å². The molecule has 0 unspecified atom stereocenters. The summed E-state index contributed by atoms with van der Waals surface area (Å²) in [4.78, 5) is 17.5. The van der Waals surface area contributed by atoms with Crippen molar-refractivity contribution >= 4 is 27.5 Å². The van der Waals surface area contributed by atoms with Crippen LogP contribution in [0.25, 0.3) is 22.8 Å². The first kappa shape index (κ1) is 22.6. The Balaban J connectivity index is 1.29. The number of anilines is 1. The third-order valence-electron chi connectivity index (χ3n) is 5.40. The third kappa shape index (κ3) is 5.50. The summed E-state index contributed by atoms with van der Waals surface area (Å²) in [5.74, 6) is 1.50. The zero-order valence-electron chi connectivity index (χ0n) is 18.6. The summed E-state index contributed by atoms with van der Waals surface area (Å²) < 4.78 is 12.8. The van der Waals surface area contributed by atoms with Crippen LogP contribution in [0.15, 0.2) is 118 Å². The van der Waals surface area contributed by atoms with Gasteiger partial charge in [-0.15, -0.1) is 0 Å². The number of halogens is 1. The van der Waals surface area contributed by atoms with E-state index in [0.29, 0.717) is 35.1 Å². The van der Waals surface area contributed by atoms with Crippen molar-refractivity contribution in [3.63, 3.8) is 0 Å². The molecule has 0 aliphatic heterocycles. The van der Waals surface area contributed by atoms with Crippen LogP contribution in [0.3, 0.4) is 0 Å². The van der Waals surface area contributed by atoms with Crippen LogP contribution < -0.4 is 10.1 Å². The lowest BCUT2D eigenvalue weighted by molar-refractivity contribution is 0.102. The molecule has 1 N–H and O–H groups in total.